The van der Waals surface area contributed by atoms with Gasteiger partial charge in [0, 0.05) is 12.6 Å². The zero-order valence-electron chi connectivity index (χ0n) is 8.06. The maximum Gasteiger partial charge on any atom is 0.416 e. The lowest BCUT2D eigenvalue weighted by Crippen LogP contribution is -2.32. The fourth-order valence-corrected chi connectivity index (χ4v) is 0.994. The first-order chi connectivity index (χ1) is 6.66. The molecular formula is C10H11NO3. The molecular weight excluding hydrogens is 182 g/mol. The minimum absolute atomic E-state index is 0.377. The second-order valence-electron chi connectivity index (χ2n) is 2.70. The first-order valence-electron chi connectivity index (χ1n) is 4.08. The lowest BCUT2D eigenvalue weighted by molar-refractivity contribution is 0.0751. The lowest BCUT2D eigenvalue weighted by atomic mass is 10.2. The number of nitrogens with zero attached hydrogens (tertiary/aromatic N) is 1. The highest BCUT2D eigenvalue weighted by Crippen LogP contribution is 2.03. The van der Waals surface area contributed by atoms with Crippen LogP contribution in [-0.2, 0) is 4.74 Å². The summed E-state index contributed by atoms with van der Waals surface area (Å²) in [5.41, 5.74) is 0.459. The quantitative estimate of drug-likeness (QED) is 0.679. The number of carbonyl (C=O) groups excluding carboxylic acids is 2. The summed E-state index contributed by atoms with van der Waals surface area (Å²) < 4.78 is 4.42. The van der Waals surface area contributed by atoms with Gasteiger partial charge in [-0.1, -0.05) is 18.2 Å². The van der Waals surface area contributed by atoms with Crippen LogP contribution in [0.1, 0.15) is 10.4 Å². The van der Waals surface area contributed by atoms with Crippen LogP contribution in [0.5, 0.6) is 0 Å². The molecule has 14 heavy (non-hydrogen) atoms. The summed E-state index contributed by atoms with van der Waals surface area (Å²) in [4.78, 5) is 23.5. The fourth-order valence-electron chi connectivity index (χ4n) is 0.994. The van der Waals surface area contributed by atoms with Gasteiger partial charge in [0.05, 0.1) is 7.11 Å². The van der Waals surface area contributed by atoms with Gasteiger partial charge in [0.15, 0.2) is 0 Å². The van der Waals surface area contributed by atoms with E-state index >= 15 is 0 Å². The molecule has 0 fully saturated rings. The zero-order chi connectivity index (χ0) is 10.6. The molecule has 1 aromatic rings. The van der Waals surface area contributed by atoms with E-state index in [0.29, 0.717) is 5.56 Å². The van der Waals surface area contributed by atoms with E-state index in [1.807, 2.05) is 0 Å². The standard InChI is InChI=1S/C10H11NO3/c1-11(10(13)14-2)9(12)8-6-4-3-5-7-8/h3-7H,1-2H3. The van der Waals surface area contributed by atoms with E-state index in [9.17, 15) is 9.59 Å². The van der Waals surface area contributed by atoms with Gasteiger partial charge in [-0.2, -0.15) is 0 Å². The summed E-state index contributed by atoms with van der Waals surface area (Å²) in [6.07, 6.45) is -0.668. The molecule has 0 heterocycles. The van der Waals surface area contributed by atoms with Gasteiger partial charge in [-0.15, -0.1) is 0 Å². The van der Waals surface area contributed by atoms with Crippen LogP contribution in [0.15, 0.2) is 30.3 Å². The maximum atomic E-state index is 11.6. The second-order valence-corrected chi connectivity index (χ2v) is 2.70. The van der Waals surface area contributed by atoms with Gasteiger partial charge in [-0.3, -0.25) is 4.79 Å². The molecule has 74 valence electrons. The Bertz CT molecular complexity index is 334. The average Bonchev–Trinajstić information content (AvgIpc) is 2.27. The van der Waals surface area contributed by atoms with Crippen molar-refractivity contribution in [3.8, 4) is 0 Å². The van der Waals surface area contributed by atoms with Crippen LogP contribution in [0, 0.1) is 0 Å². The van der Waals surface area contributed by atoms with Crippen LogP contribution in [0.3, 0.4) is 0 Å². The van der Waals surface area contributed by atoms with Crippen LogP contribution in [-0.4, -0.2) is 31.1 Å². The number of amides is 2. The van der Waals surface area contributed by atoms with Crippen molar-refractivity contribution in [2.24, 2.45) is 0 Å². The molecule has 0 aliphatic heterocycles. The molecule has 0 aromatic heterocycles. The summed E-state index contributed by atoms with van der Waals surface area (Å²) in [6, 6.07) is 8.55. The Morgan fingerprint density at radius 1 is 1.21 bits per heavy atom. The Labute approximate surface area is 82.1 Å². The monoisotopic (exact) mass is 193 g/mol. The molecule has 1 aromatic carbocycles. The third-order valence-electron chi connectivity index (χ3n) is 1.77. The Morgan fingerprint density at radius 3 is 2.29 bits per heavy atom. The van der Waals surface area contributed by atoms with Gasteiger partial charge in [0.25, 0.3) is 5.91 Å². The minimum atomic E-state index is -0.668. The topological polar surface area (TPSA) is 46.6 Å². The molecule has 1 rings (SSSR count). The van der Waals surface area contributed by atoms with Gasteiger partial charge in [-0.05, 0) is 12.1 Å². The summed E-state index contributed by atoms with van der Waals surface area (Å²) in [6.45, 7) is 0. The lowest BCUT2D eigenvalue weighted by Gasteiger charge is -2.13. The number of hydrogen-bond donors (Lipinski definition) is 0. The molecule has 0 atom stereocenters. The number of ether oxygens (including phenoxy) is 1. The first kappa shape index (κ1) is 10.2. The third kappa shape index (κ3) is 2.10. The van der Waals surface area contributed by atoms with Crippen LogP contribution >= 0.6 is 0 Å². The number of benzene rings is 1. The predicted molar refractivity (Wildman–Crippen MR) is 50.9 cm³/mol. The molecule has 0 saturated carbocycles. The summed E-state index contributed by atoms with van der Waals surface area (Å²) in [7, 11) is 2.61. The Kier molecular flexibility index (Phi) is 3.23. The predicted octanol–water partition coefficient (Wildman–Crippen LogP) is 1.52. The maximum absolute atomic E-state index is 11.6. The van der Waals surface area contributed by atoms with Gasteiger partial charge in [0.2, 0.25) is 0 Å². The number of imide groups is 1. The normalized spacial score (nSPS) is 9.29. The largest absolute Gasteiger partial charge is 0.452 e. The molecule has 0 N–H and O–H groups in total. The van der Waals surface area contributed by atoms with Crippen molar-refractivity contribution in [2.75, 3.05) is 14.2 Å². The van der Waals surface area contributed by atoms with Crippen molar-refractivity contribution >= 4 is 12.0 Å². The Hall–Kier alpha value is -1.84. The molecule has 0 saturated heterocycles. The van der Waals surface area contributed by atoms with Crippen molar-refractivity contribution in [2.45, 2.75) is 0 Å². The number of rotatable bonds is 1. The summed E-state index contributed by atoms with van der Waals surface area (Å²) in [5, 5.41) is 0. The van der Waals surface area contributed by atoms with E-state index in [1.165, 1.54) is 14.2 Å². The molecule has 4 nitrogen and oxygen atoms in total. The van der Waals surface area contributed by atoms with Gasteiger partial charge >= 0.3 is 6.09 Å². The molecule has 0 aliphatic carbocycles. The van der Waals surface area contributed by atoms with Crippen LogP contribution in [0.25, 0.3) is 0 Å². The van der Waals surface area contributed by atoms with Crippen molar-refractivity contribution < 1.29 is 14.3 Å². The van der Waals surface area contributed by atoms with Gasteiger partial charge in [0.1, 0.15) is 0 Å². The van der Waals surface area contributed by atoms with E-state index in [1.54, 1.807) is 30.3 Å². The van der Waals surface area contributed by atoms with E-state index < -0.39 is 6.09 Å². The number of hydrogen-bond acceptors (Lipinski definition) is 3. The van der Waals surface area contributed by atoms with Crippen molar-refractivity contribution in [3.63, 3.8) is 0 Å². The highest BCUT2D eigenvalue weighted by atomic mass is 16.5. The SMILES string of the molecule is COC(=O)N(C)C(=O)c1ccccc1. The summed E-state index contributed by atoms with van der Waals surface area (Å²) in [5.74, 6) is -0.377. The zero-order valence-corrected chi connectivity index (χ0v) is 8.06. The first-order valence-corrected chi connectivity index (χ1v) is 4.08. The molecule has 0 radical (unpaired) electrons. The minimum Gasteiger partial charge on any atom is -0.452 e. The smallest absolute Gasteiger partial charge is 0.416 e. The van der Waals surface area contributed by atoms with Crippen LogP contribution in [0.4, 0.5) is 4.79 Å². The van der Waals surface area contributed by atoms with Crippen molar-refractivity contribution in [1.82, 2.24) is 4.90 Å². The molecule has 2 amide bonds. The van der Waals surface area contributed by atoms with E-state index in [2.05, 4.69) is 4.74 Å². The molecule has 4 heteroatoms. The van der Waals surface area contributed by atoms with E-state index in [-0.39, 0.29) is 5.91 Å². The average molecular weight is 193 g/mol. The van der Waals surface area contributed by atoms with E-state index in [4.69, 9.17) is 0 Å². The van der Waals surface area contributed by atoms with Crippen molar-refractivity contribution in [1.29, 1.82) is 0 Å². The second kappa shape index (κ2) is 4.41. The molecule has 0 unspecified atom stereocenters. The number of carbonyl (C=O) groups is 2. The van der Waals surface area contributed by atoms with Crippen LogP contribution in [0.2, 0.25) is 0 Å². The van der Waals surface area contributed by atoms with Crippen molar-refractivity contribution in [3.05, 3.63) is 35.9 Å². The Morgan fingerprint density at radius 2 is 1.79 bits per heavy atom. The Balaban J connectivity index is 2.81. The van der Waals surface area contributed by atoms with E-state index in [0.717, 1.165) is 4.90 Å². The molecule has 0 spiro atoms. The molecule has 0 aliphatic rings. The van der Waals surface area contributed by atoms with Gasteiger partial charge < -0.3 is 4.74 Å². The highest BCUT2D eigenvalue weighted by molar-refractivity contribution is 6.02. The summed E-state index contributed by atoms with van der Waals surface area (Å²) >= 11 is 0. The fraction of sp³-hybridized carbons (Fsp3) is 0.200. The van der Waals surface area contributed by atoms with Crippen LogP contribution < -0.4 is 0 Å². The molecule has 0 bridgehead atoms. The highest BCUT2D eigenvalue weighted by Gasteiger charge is 2.17. The van der Waals surface area contributed by atoms with Gasteiger partial charge in [-0.25, -0.2) is 9.69 Å². The number of methoxy groups -OCH3 is 1. The third-order valence-corrected chi connectivity index (χ3v) is 1.77.